The third-order valence-corrected chi connectivity index (χ3v) is 3.93. The summed E-state index contributed by atoms with van der Waals surface area (Å²) in [4.78, 5) is 12.2. The number of benzene rings is 2. The molecule has 0 aromatic heterocycles. The molecule has 0 N–H and O–H groups in total. The SMILES string of the molecule is COc1ccc(CC(=O)c2cc(Cl)ccc2I)cc1. The molecule has 4 heteroatoms. The minimum atomic E-state index is 0.0667. The number of carbonyl (C=O) groups is 1. The molecule has 0 aliphatic carbocycles. The molecule has 0 aliphatic heterocycles. The third kappa shape index (κ3) is 3.70. The van der Waals surface area contributed by atoms with Crippen molar-refractivity contribution in [3.05, 3.63) is 62.2 Å². The van der Waals surface area contributed by atoms with Crippen molar-refractivity contribution in [1.82, 2.24) is 0 Å². The Hall–Kier alpha value is -1.07. The van der Waals surface area contributed by atoms with Gasteiger partial charge < -0.3 is 4.74 Å². The normalized spacial score (nSPS) is 10.3. The van der Waals surface area contributed by atoms with Gasteiger partial charge in [0.2, 0.25) is 0 Å². The van der Waals surface area contributed by atoms with Gasteiger partial charge in [0.15, 0.2) is 5.78 Å². The second kappa shape index (κ2) is 6.39. The summed E-state index contributed by atoms with van der Waals surface area (Å²) >= 11 is 8.08. The minimum Gasteiger partial charge on any atom is -0.497 e. The van der Waals surface area contributed by atoms with E-state index in [1.165, 1.54) is 0 Å². The molecule has 0 fully saturated rings. The standard InChI is InChI=1S/C15H12ClIO2/c1-19-12-5-2-10(3-6-12)8-15(18)13-9-11(16)4-7-14(13)17/h2-7,9H,8H2,1H3. The maximum atomic E-state index is 12.2. The van der Waals surface area contributed by atoms with Crippen LogP contribution in [-0.4, -0.2) is 12.9 Å². The maximum absolute atomic E-state index is 12.2. The van der Waals surface area contributed by atoms with Crippen LogP contribution in [0.2, 0.25) is 5.02 Å². The molecular formula is C15H12ClIO2. The molecule has 0 radical (unpaired) electrons. The molecule has 0 bridgehead atoms. The Labute approximate surface area is 130 Å². The van der Waals surface area contributed by atoms with Crippen molar-refractivity contribution >= 4 is 40.0 Å². The van der Waals surface area contributed by atoms with Crippen molar-refractivity contribution < 1.29 is 9.53 Å². The molecule has 0 saturated carbocycles. The molecule has 2 aromatic rings. The van der Waals surface area contributed by atoms with Gasteiger partial charge in [-0.2, -0.15) is 0 Å². The van der Waals surface area contributed by atoms with Crippen molar-refractivity contribution in [1.29, 1.82) is 0 Å². The van der Waals surface area contributed by atoms with Crippen LogP contribution in [0.4, 0.5) is 0 Å². The molecular weight excluding hydrogens is 375 g/mol. The summed E-state index contributed by atoms with van der Waals surface area (Å²) in [6, 6.07) is 12.9. The summed E-state index contributed by atoms with van der Waals surface area (Å²) in [5.74, 6) is 0.852. The third-order valence-electron chi connectivity index (χ3n) is 2.75. The average Bonchev–Trinajstić information content (AvgIpc) is 2.42. The Balaban J connectivity index is 2.18. The number of ether oxygens (including phenoxy) is 1. The van der Waals surface area contributed by atoms with Crippen molar-refractivity contribution in [2.45, 2.75) is 6.42 Å². The Morgan fingerprint density at radius 1 is 1.21 bits per heavy atom. The van der Waals surface area contributed by atoms with Crippen LogP contribution in [0.25, 0.3) is 0 Å². The first-order valence-electron chi connectivity index (χ1n) is 5.71. The predicted octanol–water partition coefficient (Wildman–Crippen LogP) is 4.38. The van der Waals surface area contributed by atoms with E-state index in [-0.39, 0.29) is 5.78 Å². The number of Topliss-reactive ketones (excluding diaryl/α,β-unsaturated/α-hetero) is 1. The van der Waals surface area contributed by atoms with E-state index in [2.05, 4.69) is 22.6 Å². The number of hydrogen-bond donors (Lipinski definition) is 0. The van der Waals surface area contributed by atoms with E-state index in [0.29, 0.717) is 17.0 Å². The first-order chi connectivity index (χ1) is 9.10. The van der Waals surface area contributed by atoms with Crippen molar-refractivity contribution in [2.24, 2.45) is 0 Å². The minimum absolute atomic E-state index is 0.0667. The van der Waals surface area contributed by atoms with Crippen molar-refractivity contribution in [3.63, 3.8) is 0 Å². The fourth-order valence-electron chi connectivity index (χ4n) is 1.74. The lowest BCUT2D eigenvalue weighted by molar-refractivity contribution is 0.0992. The van der Waals surface area contributed by atoms with E-state index in [1.54, 1.807) is 19.2 Å². The zero-order valence-electron chi connectivity index (χ0n) is 10.3. The van der Waals surface area contributed by atoms with Gasteiger partial charge in [-0.1, -0.05) is 23.7 Å². The van der Waals surface area contributed by atoms with Crippen LogP contribution in [-0.2, 0) is 6.42 Å². The van der Waals surface area contributed by atoms with E-state index >= 15 is 0 Å². The van der Waals surface area contributed by atoms with Crippen LogP contribution >= 0.6 is 34.2 Å². The summed E-state index contributed by atoms with van der Waals surface area (Å²) in [6.45, 7) is 0. The zero-order valence-corrected chi connectivity index (χ0v) is 13.2. The molecule has 0 atom stereocenters. The summed E-state index contributed by atoms with van der Waals surface area (Å²) in [7, 11) is 1.62. The summed E-state index contributed by atoms with van der Waals surface area (Å²) in [5.41, 5.74) is 1.63. The fourth-order valence-corrected chi connectivity index (χ4v) is 2.54. The quantitative estimate of drug-likeness (QED) is 0.576. The number of halogens is 2. The molecule has 0 saturated heterocycles. The van der Waals surface area contributed by atoms with Gasteiger partial charge in [0, 0.05) is 20.6 Å². The van der Waals surface area contributed by atoms with Gasteiger partial charge in [0.1, 0.15) is 5.75 Å². The first kappa shape index (κ1) is 14.3. The van der Waals surface area contributed by atoms with Crippen LogP contribution in [0.5, 0.6) is 5.75 Å². The largest absolute Gasteiger partial charge is 0.497 e. The molecule has 0 amide bonds. The van der Waals surface area contributed by atoms with Crippen molar-refractivity contribution in [2.75, 3.05) is 7.11 Å². The molecule has 2 rings (SSSR count). The molecule has 0 spiro atoms. The highest BCUT2D eigenvalue weighted by Gasteiger charge is 2.11. The van der Waals surface area contributed by atoms with Gasteiger partial charge in [-0.15, -0.1) is 0 Å². The van der Waals surface area contributed by atoms with Gasteiger partial charge in [0.25, 0.3) is 0 Å². The summed E-state index contributed by atoms with van der Waals surface area (Å²) < 4.78 is 6.01. The Morgan fingerprint density at radius 2 is 1.89 bits per heavy atom. The van der Waals surface area contributed by atoms with Gasteiger partial charge >= 0.3 is 0 Å². The Bertz CT molecular complexity index is 594. The summed E-state index contributed by atoms with van der Waals surface area (Å²) in [5, 5.41) is 0.582. The van der Waals surface area contributed by atoms with E-state index in [1.807, 2.05) is 30.3 Å². The maximum Gasteiger partial charge on any atom is 0.168 e. The Morgan fingerprint density at radius 3 is 2.53 bits per heavy atom. The van der Waals surface area contributed by atoms with Gasteiger partial charge in [-0.25, -0.2) is 0 Å². The van der Waals surface area contributed by atoms with Crippen LogP contribution in [0, 0.1) is 3.57 Å². The number of ketones is 1. The second-order valence-corrected chi connectivity index (χ2v) is 5.67. The highest BCUT2D eigenvalue weighted by Crippen LogP contribution is 2.20. The van der Waals surface area contributed by atoms with Gasteiger partial charge in [-0.05, 0) is 58.5 Å². The van der Waals surface area contributed by atoms with Crippen LogP contribution in [0.15, 0.2) is 42.5 Å². The van der Waals surface area contributed by atoms with Crippen LogP contribution < -0.4 is 4.74 Å². The smallest absolute Gasteiger partial charge is 0.168 e. The average molecular weight is 387 g/mol. The highest BCUT2D eigenvalue weighted by atomic mass is 127. The topological polar surface area (TPSA) is 26.3 Å². The molecule has 2 nitrogen and oxygen atoms in total. The van der Waals surface area contributed by atoms with Gasteiger partial charge in [-0.3, -0.25) is 4.79 Å². The second-order valence-electron chi connectivity index (χ2n) is 4.07. The lowest BCUT2D eigenvalue weighted by Gasteiger charge is -2.06. The number of rotatable bonds is 4. The molecule has 0 aliphatic rings. The zero-order chi connectivity index (χ0) is 13.8. The molecule has 2 aromatic carbocycles. The lowest BCUT2D eigenvalue weighted by atomic mass is 10.0. The molecule has 0 heterocycles. The van der Waals surface area contributed by atoms with E-state index in [4.69, 9.17) is 16.3 Å². The molecule has 98 valence electrons. The number of carbonyl (C=O) groups excluding carboxylic acids is 1. The number of methoxy groups -OCH3 is 1. The fraction of sp³-hybridized carbons (Fsp3) is 0.133. The van der Waals surface area contributed by atoms with E-state index < -0.39 is 0 Å². The van der Waals surface area contributed by atoms with Gasteiger partial charge in [0.05, 0.1) is 7.11 Å². The monoisotopic (exact) mass is 386 g/mol. The lowest BCUT2D eigenvalue weighted by Crippen LogP contribution is -2.05. The van der Waals surface area contributed by atoms with Crippen LogP contribution in [0.3, 0.4) is 0 Å². The highest BCUT2D eigenvalue weighted by molar-refractivity contribution is 14.1. The summed E-state index contributed by atoms with van der Waals surface area (Å²) in [6.07, 6.45) is 0.361. The predicted molar refractivity (Wildman–Crippen MR) is 85.2 cm³/mol. The Kier molecular flexibility index (Phi) is 4.82. The van der Waals surface area contributed by atoms with E-state index in [0.717, 1.165) is 14.9 Å². The first-order valence-corrected chi connectivity index (χ1v) is 7.17. The van der Waals surface area contributed by atoms with Crippen LogP contribution in [0.1, 0.15) is 15.9 Å². The van der Waals surface area contributed by atoms with E-state index in [9.17, 15) is 4.79 Å². The van der Waals surface area contributed by atoms with Crippen molar-refractivity contribution in [3.8, 4) is 5.75 Å². The molecule has 0 unspecified atom stereocenters. The molecule has 19 heavy (non-hydrogen) atoms. The number of hydrogen-bond acceptors (Lipinski definition) is 2.